The van der Waals surface area contributed by atoms with Crippen molar-refractivity contribution in [2.45, 2.75) is 0 Å². The van der Waals surface area contributed by atoms with Crippen molar-refractivity contribution in [3.63, 3.8) is 0 Å². The fourth-order valence-corrected chi connectivity index (χ4v) is 4.00. The third kappa shape index (κ3) is 2.19. The van der Waals surface area contributed by atoms with E-state index in [1.165, 1.54) is 44.1 Å². The van der Waals surface area contributed by atoms with Gasteiger partial charge in [-0.3, -0.25) is 0 Å². The van der Waals surface area contributed by atoms with Gasteiger partial charge in [0, 0.05) is 59.4 Å². The molecule has 5 rings (SSSR count). The van der Waals surface area contributed by atoms with Crippen molar-refractivity contribution in [1.82, 2.24) is 9.13 Å². The molecule has 2 heteroatoms. The zero-order valence-electron chi connectivity index (χ0n) is 15.0. The van der Waals surface area contributed by atoms with E-state index in [-0.39, 0.29) is 0 Å². The second kappa shape index (κ2) is 5.63. The topological polar surface area (TPSA) is 9.86 Å². The standard InChI is InChI=1S/C24H20N2/c1-25-15-21(19-10-3-5-12-23(19)25)17-8-7-9-18(14-17)22-16-26(2)24-13-6-4-11-20(22)24/h3-16H,1-2H3. The Balaban J connectivity index is 1.72. The van der Waals surface area contributed by atoms with Gasteiger partial charge in [-0.25, -0.2) is 0 Å². The Morgan fingerprint density at radius 2 is 1.00 bits per heavy atom. The Morgan fingerprint density at radius 1 is 0.538 bits per heavy atom. The third-order valence-corrected chi connectivity index (χ3v) is 5.28. The number of hydrogen-bond donors (Lipinski definition) is 0. The van der Waals surface area contributed by atoms with Crippen LogP contribution in [0, 0.1) is 0 Å². The number of hydrogen-bond acceptors (Lipinski definition) is 0. The fraction of sp³-hybridized carbons (Fsp3) is 0.0833. The molecule has 0 atom stereocenters. The molecule has 0 N–H and O–H groups in total. The van der Waals surface area contributed by atoms with Gasteiger partial charge in [-0.15, -0.1) is 0 Å². The number of rotatable bonds is 2. The first-order valence-corrected chi connectivity index (χ1v) is 8.91. The molecule has 0 unspecified atom stereocenters. The third-order valence-electron chi connectivity index (χ3n) is 5.28. The number of nitrogens with zero attached hydrogens (tertiary/aromatic N) is 2. The summed E-state index contributed by atoms with van der Waals surface area (Å²) in [5.74, 6) is 0. The molecule has 0 amide bonds. The molecule has 0 fully saturated rings. The van der Waals surface area contributed by atoms with Crippen molar-refractivity contribution in [1.29, 1.82) is 0 Å². The summed E-state index contributed by atoms with van der Waals surface area (Å²) in [7, 11) is 4.22. The van der Waals surface area contributed by atoms with Gasteiger partial charge >= 0.3 is 0 Å². The zero-order chi connectivity index (χ0) is 17.7. The van der Waals surface area contributed by atoms with Gasteiger partial charge < -0.3 is 9.13 Å². The van der Waals surface area contributed by atoms with E-state index in [0.717, 1.165) is 0 Å². The van der Waals surface area contributed by atoms with Crippen molar-refractivity contribution >= 4 is 21.8 Å². The SMILES string of the molecule is Cn1cc(-c2cccc(-c3cn(C)c4ccccc34)c2)c2ccccc21. The van der Waals surface area contributed by atoms with E-state index >= 15 is 0 Å². The Hall–Kier alpha value is -3.26. The van der Waals surface area contributed by atoms with Crippen molar-refractivity contribution < 1.29 is 0 Å². The van der Waals surface area contributed by atoms with Crippen LogP contribution in [0.25, 0.3) is 44.1 Å². The summed E-state index contributed by atoms with van der Waals surface area (Å²) < 4.78 is 4.41. The molecular weight excluding hydrogens is 316 g/mol. The normalized spacial score (nSPS) is 11.5. The molecule has 0 saturated carbocycles. The quantitative estimate of drug-likeness (QED) is 0.374. The minimum Gasteiger partial charge on any atom is -0.350 e. The van der Waals surface area contributed by atoms with E-state index < -0.39 is 0 Å². The average Bonchev–Trinajstić information content (AvgIpc) is 3.20. The number of aryl methyl sites for hydroxylation is 2. The van der Waals surface area contributed by atoms with Gasteiger partial charge in [0.25, 0.3) is 0 Å². The molecule has 26 heavy (non-hydrogen) atoms. The number of aromatic nitrogens is 2. The molecule has 3 aromatic carbocycles. The first kappa shape index (κ1) is 15.0. The predicted octanol–water partition coefficient (Wildman–Crippen LogP) is 6.00. The summed E-state index contributed by atoms with van der Waals surface area (Å²) in [4.78, 5) is 0. The largest absolute Gasteiger partial charge is 0.350 e. The highest BCUT2D eigenvalue weighted by Gasteiger charge is 2.11. The van der Waals surface area contributed by atoms with Gasteiger partial charge in [-0.1, -0.05) is 54.6 Å². The Morgan fingerprint density at radius 3 is 1.50 bits per heavy atom. The van der Waals surface area contributed by atoms with Crippen LogP contribution in [0.3, 0.4) is 0 Å². The Kier molecular flexibility index (Phi) is 3.26. The van der Waals surface area contributed by atoms with Crippen LogP contribution in [-0.2, 0) is 14.1 Å². The van der Waals surface area contributed by atoms with Crippen molar-refractivity contribution in [2.75, 3.05) is 0 Å². The van der Waals surface area contributed by atoms with Crippen molar-refractivity contribution in [3.05, 3.63) is 85.2 Å². The van der Waals surface area contributed by atoms with Crippen LogP contribution in [0.4, 0.5) is 0 Å². The lowest BCUT2D eigenvalue weighted by Gasteiger charge is -2.04. The minimum atomic E-state index is 1.26. The van der Waals surface area contributed by atoms with E-state index in [1.807, 2.05) is 0 Å². The predicted molar refractivity (Wildman–Crippen MR) is 110 cm³/mol. The Labute approximate surface area is 152 Å². The molecule has 0 radical (unpaired) electrons. The molecular formula is C24H20N2. The van der Waals surface area contributed by atoms with Gasteiger partial charge in [0.1, 0.15) is 0 Å². The molecule has 0 spiro atoms. The summed E-state index contributed by atoms with van der Waals surface area (Å²) >= 11 is 0. The van der Waals surface area contributed by atoms with Gasteiger partial charge in [-0.05, 0) is 29.3 Å². The van der Waals surface area contributed by atoms with Crippen LogP contribution in [0.5, 0.6) is 0 Å². The highest BCUT2D eigenvalue weighted by atomic mass is 14.9. The van der Waals surface area contributed by atoms with E-state index in [0.29, 0.717) is 0 Å². The second-order valence-electron chi connectivity index (χ2n) is 6.92. The van der Waals surface area contributed by atoms with Gasteiger partial charge in [0.05, 0.1) is 0 Å². The molecule has 0 aliphatic carbocycles. The van der Waals surface area contributed by atoms with Crippen LogP contribution >= 0.6 is 0 Å². The van der Waals surface area contributed by atoms with Gasteiger partial charge in [0.2, 0.25) is 0 Å². The van der Waals surface area contributed by atoms with Crippen LogP contribution in [0.2, 0.25) is 0 Å². The number of fused-ring (bicyclic) bond motifs is 2. The lowest BCUT2D eigenvalue weighted by atomic mass is 9.98. The maximum Gasteiger partial charge on any atom is 0.0484 e. The molecule has 0 aliphatic heterocycles. The average molecular weight is 336 g/mol. The fourth-order valence-electron chi connectivity index (χ4n) is 4.00. The number of benzene rings is 3. The second-order valence-corrected chi connectivity index (χ2v) is 6.92. The maximum absolute atomic E-state index is 2.31. The lowest BCUT2D eigenvalue weighted by Crippen LogP contribution is -1.82. The molecule has 2 aromatic heterocycles. The van der Waals surface area contributed by atoms with Crippen LogP contribution in [-0.4, -0.2) is 9.13 Å². The van der Waals surface area contributed by atoms with E-state index in [9.17, 15) is 0 Å². The van der Waals surface area contributed by atoms with E-state index in [1.54, 1.807) is 0 Å². The van der Waals surface area contributed by atoms with Crippen molar-refractivity contribution in [3.8, 4) is 22.3 Å². The molecule has 2 heterocycles. The minimum absolute atomic E-state index is 1.26. The van der Waals surface area contributed by atoms with Crippen LogP contribution in [0.1, 0.15) is 0 Å². The molecule has 0 saturated heterocycles. The van der Waals surface area contributed by atoms with E-state index in [4.69, 9.17) is 0 Å². The number of para-hydroxylation sites is 2. The van der Waals surface area contributed by atoms with Crippen molar-refractivity contribution in [2.24, 2.45) is 14.1 Å². The molecule has 0 aliphatic rings. The van der Waals surface area contributed by atoms with Gasteiger partial charge in [-0.2, -0.15) is 0 Å². The van der Waals surface area contributed by atoms with Crippen LogP contribution in [0.15, 0.2) is 85.2 Å². The maximum atomic E-state index is 2.31. The molecule has 5 aromatic rings. The first-order valence-electron chi connectivity index (χ1n) is 8.91. The summed E-state index contributed by atoms with van der Waals surface area (Å²) in [5.41, 5.74) is 7.60. The smallest absolute Gasteiger partial charge is 0.0484 e. The highest BCUT2D eigenvalue weighted by molar-refractivity contribution is 5.99. The Bertz CT molecular complexity index is 1160. The summed E-state index contributed by atoms with van der Waals surface area (Å²) in [5, 5.41) is 2.59. The first-order chi connectivity index (χ1) is 12.7. The molecule has 2 nitrogen and oxygen atoms in total. The summed E-state index contributed by atoms with van der Waals surface area (Å²) in [6, 6.07) is 26.0. The highest BCUT2D eigenvalue weighted by Crippen LogP contribution is 2.35. The summed E-state index contributed by atoms with van der Waals surface area (Å²) in [6.45, 7) is 0. The summed E-state index contributed by atoms with van der Waals surface area (Å²) in [6.07, 6.45) is 4.46. The van der Waals surface area contributed by atoms with E-state index in [2.05, 4.69) is 108 Å². The molecule has 0 bridgehead atoms. The zero-order valence-corrected chi connectivity index (χ0v) is 15.0. The van der Waals surface area contributed by atoms with Gasteiger partial charge in [0.15, 0.2) is 0 Å². The monoisotopic (exact) mass is 336 g/mol. The molecule has 126 valence electrons. The lowest BCUT2D eigenvalue weighted by molar-refractivity contribution is 0.970. The van der Waals surface area contributed by atoms with Crippen LogP contribution < -0.4 is 0 Å².